The van der Waals surface area contributed by atoms with Gasteiger partial charge in [-0.1, -0.05) is 26.2 Å². The molecule has 0 saturated heterocycles. The average molecular weight is 263 g/mol. The molecule has 0 bridgehead atoms. The van der Waals surface area contributed by atoms with Crippen molar-refractivity contribution in [1.82, 2.24) is 15.3 Å². The highest BCUT2D eigenvalue weighted by Crippen LogP contribution is 2.38. The van der Waals surface area contributed by atoms with Crippen LogP contribution >= 0.6 is 0 Å². The summed E-state index contributed by atoms with van der Waals surface area (Å²) in [6, 6.07) is 1.98. The van der Waals surface area contributed by atoms with E-state index in [1.165, 1.54) is 19.3 Å². The van der Waals surface area contributed by atoms with E-state index in [4.69, 9.17) is 9.72 Å². The predicted molar refractivity (Wildman–Crippen MR) is 75.8 cm³/mol. The third kappa shape index (κ3) is 3.51. The van der Waals surface area contributed by atoms with Crippen molar-refractivity contribution in [3.8, 4) is 0 Å². The van der Waals surface area contributed by atoms with Crippen LogP contribution in [0.2, 0.25) is 0 Å². The second-order valence-electron chi connectivity index (χ2n) is 5.14. The Kier molecular flexibility index (Phi) is 5.28. The van der Waals surface area contributed by atoms with Gasteiger partial charge in [0.2, 0.25) is 0 Å². The first-order valence-corrected chi connectivity index (χ1v) is 7.48. The molecule has 1 fully saturated rings. The maximum absolute atomic E-state index is 6.07. The van der Waals surface area contributed by atoms with Gasteiger partial charge in [-0.2, -0.15) is 0 Å². The van der Waals surface area contributed by atoms with Crippen LogP contribution in [0.15, 0.2) is 12.3 Å². The summed E-state index contributed by atoms with van der Waals surface area (Å²) in [5.41, 5.74) is 0.811. The van der Waals surface area contributed by atoms with Crippen molar-refractivity contribution in [2.45, 2.75) is 58.1 Å². The number of ether oxygens (including phenoxy) is 1. The predicted octanol–water partition coefficient (Wildman–Crippen LogP) is 2.78. The number of aromatic nitrogens is 2. The minimum absolute atomic E-state index is 0.241. The highest BCUT2D eigenvalue weighted by Gasteiger charge is 2.37. The summed E-state index contributed by atoms with van der Waals surface area (Å²) in [5, 5.41) is 3.31. The van der Waals surface area contributed by atoms with E-state index in [2.05, 4.69) is 24.1 Å². The van der Waals surface area contributed by atoms with E-state index >= 15 is 0 Å². The maximum atomic E-state index is 6.07. The third-order valence-electron chi connectivity index (χ3n) is 3.76. The van der Waals surface area contributed by atoms with Crippen molar-refractivity contribution in [2.24, 2.45) is 0 Å². The van der Waals surface area contributed by atoms with Gasteiger partial charge in [-0.15, -0.1) is 0 Å². The van der Waals surface area contributed by atoms with Gasteiger partial charge in [0.25, 0.3) is 0 Å². The standard InChI is InChI=1S/C15H25N3O/c1-3-16-12-13-8-11-17-14(18-13)15(19-4-2)9-6-5-7-10-15/h8,11,16H,3-7,9-10,12H2,1-2H3. The summed E-state index contributed by atoms with van der Waals surface area (Å²) in [5.74, 6) is 0.879. The van der Waals surface area contributed by atoms with Gasteiger partial charge in [0.1, 0.15) is 5.60 Å². The van der Waals surface area contributed by atoms with Gasteiger partial charge < -0.3 is 10.1 Å². The molecule has 1 aliphatic carbocycles. The van der Waals surface area contributed by atoms with E-state index in [0.717, 1.165) is 44.1 Å². The van der Waals surface area contributed by atoms with Gasteiger partial charge >= 0.3 is 0 Å². The summed E-state index contributed by atoms with van der Waals surface area (Å²) >= 11 is 0. The minimum Gasteiger partial charge on any atom is -0.367 e. The molecule has 1 aromatic rings. The van der Waals surface area contributed by atoms with Crippen LogP contribution in [-0.2, 0) is 16.9 Å². The van der Waals surface area contributed by atoms with E-state index in [1.54, 1.807) is 0 Å². The molecule has 0 aromatic carbocycles. The lowest BCUT2D eigenvalue weighted by Crippen LogP contribution is -2.35. The fourth-order valence-electron chi connectivity index (χ4n) is 2.80. The molecule has 1 N–H and O–H groups in total. The number of nitrogens with zero attached hydrogens (tertiary/aromatic N) is 2. The number of hydrogen-bond acceptors (Lipinski definition) is 4. The molecule has 0 atom stereocenters. The molecule has 1 aliphatic rings. The van der Waals surface area contributed by atoms with Crippen molar-refractivity contribution >= 4 is 0 Å². The fourth-order valence-corrected chi connectivity index (χ4v) is 2.80. The van der Waals surface area contributed by atoms with Crippen LogP contribution in [0.3, 0.4) is 0 Å². The normalized spacial score (nSPS) is 18.4. The molecule has 2 rings (SSSR count). The lowest BCUT2D eigenvalue weighted by atomic mass is 9.83. The lowest BCUT2D eigenvalue weighted by Gasteiger charge is -2.35. The van der Waals surface area contributed by atoms with E-state index in [9.17, 15) is 0 Å². The molecule has 0 spiro atoms. The van der Waals surface area contributed by atoms with E-state index in [0.29, 0.717) is 0 Å². The molecule has 0 amide bonds. The Morgan fingerprint density at radius 2 is 2.05 bits per heavy atom. The molecular weight excluding hydrogens is 238 g/mol. The minimum atomic E-state index is -0.241. The summed E-state index contributed by atoms with van der Waals surface area (Å²) in [4.78, 5) is 9.22. The van der Waals surface area contributed by atoms with Gasteiger partial charge in [0, 0.05) is 19.3 Å². The summed E-state index contributed by atoms with van der Waals surface area (Å²) < 4.78 is 6.07. The van der Waals surface area contributed by atoms with Crippen molar-refractivity contribution < 1.29 is 4.74 Å². The zero-order chi connectivity index (χ0) is 13.6. The molecule has 1 aromatic heterocycles. The van der Waals surface area contributed by atoms with Gasteiger partial charge in [0.15, 0.2) is 5.82 Å². The Balaban J connectivity index is 2.20. The van der Waals surface area contributed by atoms with Crippen molar-refractivity contribution in [2.75, 3.05) is 13.2 Å². The molecule has 1 heterocycles. The zero-order valence-electron chi connectivity index (χ0n) is 12.1. The number of rotatable bonds is 6. The lowest BCUT2D eigenvalue weighted by molar-refractivity contribution is -0.0768. The topological polar surface area (TPSA) is 47.0 Å². The monoisotopic (exact) mass is 263 g/mol. The van der Waals surface area contributed by atoms with Gasteiger partial charge in [-0.05, 0) is 32.4 Å². The quantitative estimate of drug-likeness (QED) is 0.857. The van der Waals surface area contributed by atoms with Crippen molar-refractivity contribution in [3.05, 3.63) is 23.8 Å². The third-order valence-corrected chi connectivity index (χ3v) is 3.76. The Labute approximate surface area is 116 Å². The zero-order valence-corrected chi connectivity index (χ0v) is 12.1. The first-order chi connectivity index (χ1) is 9.30. The van der Waals surface area contributed by atoms with Crippen LogP contribution in [0.1, 0.15) is 57.5 Å². The van der Waals surface area contributed by atoms with Crippen LogP contribution in [0.5, 0.6) is 0 Å². The Morgan fingerprint density at radius 3 is 2.74 bits per heavy atom. The Morgan fingerprint density at radius 1 is 1.26 bits per heavy atom. The molecule has 0 aliphatic heterocycles. The Hall–Kier alpha value is -1.00. The molecule has 1 saturated carbocycles. The van der Waals surface area contributed by atoms with Crippen LogP contribution in [0, 0.1) is 0 Å². The van der Waals surface area contributed by atoms with Crippen molar-refractivity contribution in [1.29, 1.82) is 0 Å². The first-order valence-electron chi connectivity index (χ1n) is 7.48. The summed E-state index contributed by atoms with van der Waals surface area (Å²) in [6.07, 6.45) is 7.68. The SMILES string of the molecule is CCNCc1ccnc(C2(OCC)CCCCC2)n1. The smallest absolute Gasteiger partial charge is 0.160 e. The van der Waals surface area contributed by atoms with E-state index in [-0.39, 0.29) is 5.60 Å². The molecular formula is C15H25N3O. The number of hydrogen-bond donors (Lipinski definition) is 1. The highest BCUT2D eigenvalue weighted by atomic mass is 16.5. The van der Waals surface area contributed by atoms with Crippen LogP contribution < -0.4 is 5.32 Å². The van der Waals surface area contributed by atoms with Crippen LogP contribution in [-0.4, -0.2) is 23.1 Å². The highest BCUT2D eigenvalue weighted by molar-refractivity contribution is 5.10. The average Bonchev–Trinajstić information content (AvgIpc) is 2.47. The fraction of sp³-hybridized carbons (Fsp3) is 0.733. The molecule has 4 nitrogen and oxygen atoms in total. The second kappa shape index (κ2) is 6.96. The van der Waals surface area contributed by atoms with Gasteiger partial charge in [0.05, 0.1) is 5.69 Å². The molecule has 106 valence electrons. The molecule has 4 heteroatoms. The Bertz CT molecular complexity index is 383. The summed E-state index contributed by atoms with van der Waals surface area (Å²) in [7, 11) is 0. The summed E-state index contributed by atoms with van der Waals surface area (Å²) in [6.45, 7) is 6.63. The van der Waals surface area contributed by atoms with Crippen LogP contribution in [0.4, 0.5) is 0 Å². The van der Waals surface area contributed by atoms with Gasteiger partial charge in [-0.3, -0.25) is 0 Å². The number of nitrogens with one attached hydrogen (secondary N) is 1. The van der Waals surface area contributed by atoms with E-state index < -0.39 is 0 Å². The second-order valence-corrected chi connectivity index (χ2v) is 5.14. The molecule has 0 radical (unpaired) electrons. The largest absolute Gasteiger partial charge is 0.367 e. The molecule has 19 heavy (non-hydrogen) atoms. The maximum Gasteiger partial charge on any atom is 0.160 e. The first kappa shape index (κ1) is 14.4. The molecule has 0 unspecified atom stereocenters. The van der Waals surface area contributed by atoms with E-state index in [1.807, 2.05) is 12.3 Å². The van der Waals surface area contributed by atoms with Crippen molar-refractivity contribution in [3.63, 3.8) is 0 Å². The van der Waals surface area contributed by atoms with Gasteiger partial charge in [-0.25, -0.2) is 9.97 Å². The van der Waals surface area contributed by atoms with Crippen LogP contribution in [0.25, 0.3) is 0 Å².